The molecule has 1 aromatic carbocycles. The summed E-state index contributed by atoms with van der Waals surface area (Å²) in [5.41, 5.74) is 7.31. The number of phenolic OH excluding ortho intramolecular Hbond substituents is 1. The fourth-order valence-corrected chi connectivity index (χ4v) is 1.05. The number of hydrogen-bond acceptors (Lipinski definition) is 2. The molecule has 0 aliphatic carbocycles. The maximum atomic E-state index is 9.49. The van der Waals surface area contributed by atoms with Crippen molar-refractivity contribution in [2.24, 2.45) is 5.73 Å². The van der Waals surface area contributed by atoms with E-state index in [1.165, 1.54) is 0 Å². The van der Waals surface area contributed by atoms with Crippen molar-refractivity contribution in [3.63, 3.8) is 0 Å². The van der Waals surface area contributed by atoms with Gasteiger partial charge in [-0.3, -0.25) is 0 Å². The van der Waals surface area contributed by atoms with Gasteiger partial charge in [-0.05, 0) is 19.4 Å². The molecule has 0 saturated carbocycles. The number of nitrogens with two attached hydrogens (primary N) is 1. The third-order valence-electron chi connectivity index (χ3n) is 1.76. The Morgan fingerprint density at radius 1 is 1.45 bits per heavy atom. The summed E-state index contributed by atoms with van der Waals surface area (Å²) < 4.78 is 0. The SMILES string of the molecule is Cc1cccc([C@@H](C)N)c1O. The Morgan fingerprint density at radius 2 is 2.09 bits per heavy atom. The lowest BCUT2D eigenvalue weighted by Crippen LogP contribution is -2.05. The van der Waals surface area contributed by atoms with Crippen LogP contribution < -0.4 is 5.73 Å². The number of benzene rings is 1. The molecule has 3 N–H and O–H groups in total. The Hall–Kier alpha value is -1.02. The van der Waals surface area contributed by atoms with E-state index in [0.717, 1.165) is 11.1 Å². The molecule has 1 rings (SSSR count). The van der Waals surface area contributed by atoms with Crippen molar-refractivity contribution < 1.29 is 5.11 Å². The van der Waals surface area contributed by atoms with Crippen LogP contribution in [0.15, 0.2) is 18.2 Å². The minimum absolute atomic E-state index is 0.102. The Morgan fingerprint density at radius 3 is 2.55 bits per heavy atom. The van der Waals surface area contributed by atoms with E-state index < -0.39 is 0 Å². The first-order chi connectivity index (χ1) is 5.13. The second-order valence-electron chi connectivity index (χ2n) is 2.80. The van der Waals surface area contributed by atoms with E-state index in [1.54, 1.807) is 0 Å². The highest BCUT2D eigenvalue weighted by atomic mass is 16.3. The molecule has 0 fully saturated rings. The molecule has 0 aliphatic rings. The van der Waals surface area contributed by atoms with E-state index in [2.05, 4.69) is 0 Å². The summed E-state index contributed by atoms with van der Waals surface area (Å²) in [6.07, 6.45) is 0. The molecule has 2 nitrogen and oxygen atoms in total. The highest BCUT2D eigenvalue weighted by Gasteiger charge is 2.06. The molecule has 60 valence electrons. The summed E-state index contributed by atoms with van der Waals surface area (Å²) in [7, 11) is 0. The van der Waals surface area contributed by atoms with Crippen molar-refractivity contribution >= 4 is 0 Å². The predicted molar refractivity (Wildman–Crippen MR) is 45.4 cm³/mol. The number of aryl methyl sites for hydroxylation is 1. The van der Waals surface area contributed by atoms with Gasteiger partial charge in [-0.1, -0.05) is 18.2 Å². The largest absolute Gasteiger partial charge is 0.507 e. The number of rotatable bonds is 1. The van der Waals surface area contributed by atoms with Crippen LogP contribution in [0.5, 0.6) is 5.75 Å². The zero-order valence-corrected chi connectivity index (χ0v) is 6.83. The molecule has 0 unspecified atom stereocenters. The van der Waals surface area contributed by atoms with Gasteiger partial charge >= 0.3 is 0 Å². The predicted octanol–water partition coefficient (Wildman–Crippen LogP) is 1.72. The van der Waals surface area contributed by atoms with Crippen LogP contribution in [0.25, 0.3) is 0 Å². The fourth-order valence-electron chi connectivity index (χ4n) is 1.05. The van der Waals surface area contributed by atoms with Crippen LogP contribution in [-0.2, 0) is 0 Å². The normalized spacial score (nSPS) is 13.0. The van der Waals surface area contributed by atoms with Gasteiger partial charge in [-0.25, -0.2) is 0 Å². The molecule has 0 aliphatic heterocycles. The lowest BCUT2D eigenvalue weighted by molar-refractivity contribution is 0.459. The fraction of sp³-hybridized carbons (Fsp3) is 0.333. The van der Waals surface area contributed by atoms with Crippen LogP contribution in [0, 0.1) is 6.92 Å². The maximum absolute atomic E-state index is 9.49. The van der Waals surface area contributed by atoms with E-state index in [1.807, 2.05) is 32.0 Å². The average Bonchev–Trinajstić information content (AvgIpc) is 1.94. The molecule has 0 bridgehead atoms. The van der Waals surface area contributed by atoms with Gasteiger partial charge in [0, 0.05) is 11.6 Å². The van der Waals surface area contributed by atoms with E-state index in [9.17, 15) is 5.11 Å². The highest BCUT2D eigenvalue weighted by Crippen LogP contribution is 2.25. The Labute approximate surface area is 66.7 Å². The first kappa shape index (κ1) is 8.08. The Balaban J connectivity index is 3.17. The molecule has 1 atom stereocenters. The minimum atomic E-state index is -0.102. The van der Waals surface area contributed by atoms with Gasteiger partial charge in [0.1, 0.15) is 5.75 Å². The van der Waals surface area contributed by atoms with Crippen molar-refractivity contribution in [2.45, 2.75) is 19.9 Å². The summed E-state index contributed by atoms with van der Waals surface area (Å²) in [6, 6.07) is 5.50. The molecule has 0 heterocycles. The van der Waals surface area contributed by atoms with Crippen LogP contribution in [0.3, 0.4) is 0 Å². The van der Waals surface area contributed by atoms with Crippen LogP contribution in [0.1, 0.15) is 24.1 Å². The monoisotopic (exact) mass is 151 g/mol. The number of aromatic hydroxyl groups is 1. The van der Waals surface area contributed by atoms with Gasteiger partial charge in [-0.2, -0.15) is 0 Å². The molecule has 0 spiro atoms. The summed E-state index contributed by atoms with van der Waals surface area (Å²) in [5.74, 6) is 0.322. The molecule has 0 radical (unpaired) electrons. The van der Waals surface area contributed by atoms with Crippen LogP contribution in [-0.4, -0.2) is 5.11 Å². The summed E-state index contributed by atoms with van der Waals surface area (Å²) >= 11 is 0. The molecule has 2 heteroatoms. The van der Waals surface area contributed by atoms with E-state index in [0.29, 0.717) is 5.75 Å². The molecule has 11 heavy (non-hydrogen) atoms. The standard InChI is InChI=1S/C9H13NO/c1-6-4-3-5-8(7(2)10)9(6)11/h3-5,7,11H,10H2,1-2H3/t7-/m1/s1. The van der Waals surface area contributed by atoms with E-state index in [-0.39, 0.29) is 6.04 Å². The van der Waals surface area contributed by atoms with Gasteiger partial charge in [0.2, 0.25) is 0 Å². The van der Waals surface area contributed by atoms with Gasteiger partial charge in [0.25, 0.3) is 0 Å². The molecular weight excluding hydrogens is 138 g/mol. The molecule has 1 aromatic rings. The van der Waals surface area contributed by atoms with Gasteiger partial charge < -0.3 is 10.8 Å². The second kappa shape index (κ2) is 2.93. The number of phenols is 1. The molecule has 0 amide bonds. The van der Waals surface area contributed by atoms with Gasteiger partial charge in [0.05, 0.1) is 0 Å². The van der Waals surface area contributed by atoms with Crippen LogP contribution in [0.2, 0.25) is 0 Å². The average molecular weight is 151 g/mol. The topological polar surface area (TPSA) is 46.2 Å². The molecular formula is C9H13NO. The number of hydrogen-bond donors (Lipinski definition) is 2. The van der Waals surface area contributed by atoms with Crippen molar-refractivity contribution in [3.8, 4) is 5.75 Å². The summed E-state index contributed by atoms with van der Waals surface area (Å²) in [4.78, 5) is 0. The highest BCUT2D eigenvalue weighted by molar-refractivity contribution is 5.40. The second-order valence-corrected chi connectivity index (χ2v) is 2.80. The first-order valence-electron chi connectivity index (χ1n) is 3.67. The van der Waals surface area contributed by atoms with Gasteiger partial charge in [-0.15, -0.1) is 0 Å². The third-order valence-corrected chi connectivity index (χ3v) is 1.76. The van der Waals surface area contributed by atoms with Crippen molar-refractivity contribution in [3.05, 3.63) is 29.3 Å². The Kier molecular flexibility index (Phi) is 2.15. The van der Waals surface area contributed by atoms with Gasteiger partial charge in [0.15, 0.2) is 0 Å². The van der Waals surface area contributed by atoms with E-state index in [4.69, 9.17) is 5.73 Å². The number of para-hydroxylation sites is 1. The maximum Gasteiger partial charge on any atom is 0.123 e. The first-order valence-corrected chi connectivity index (χ1v) is 3.67. The smallest absolute Gasteiger partial charge is 0.123 e. The van der Waals surface area contributed by atoms with E-state index >= 15 is 0 Å². The third kappa shape index (κ3) is 1.52. The summed E-state index contributed by atoms with van der Waals surface area (Å²) in [5, 5.41) is 9.49. The molecule has 0 saturated heterocycles. The van der Waals surface area contributed by atoms with Crippen LogP contribution >= 0.6 is 0 Å². The zero-order chi connectivity index (χ0) is 8.43. The van der Waals surface area contributed by atoms with Crippen LogP contribution in [0.4, 0.5) is 0 Å². The van der Waals surface area contributed by atoms with Crippen molar-refractivity contribution in [1.82, 2.24) is 0 Å². The Bertz CT molecular complexity index is 256. The summed E-state index contributed by atoms with van der Waals surface area (Å²) in [6.45, 7) is 3.72. The lowest BCUT2D eigenvalue weighted by Gasteiger charge is -2.09. The lowest BCUT2D eigenvalue weighted by atomic mass is 10.1. The molecule has 0 aromatic heterocycles. The van der Waals surface area contributed by atoms with Crippen molar-refractivity contribution in [2.75, 3.05) is 0 Å². The van der Waals surface area contributed by atoms with Crippen molar-refractivity contribution in [1.29, 1.82) is 0 Å². The zero-order valence-electron chi connectivity index (χ0n) is 6.83. The minimum Gasteiger partial charge on any atom is -0.507 e. The quantitative estimate of drug-likeness (QED) is 0.642.